The Bertz CT molecular complexity index is 340. The molecule has 0 saturated carbocycles. The molecule has 0 amide bonds. The predicted molar refractivity (Wildman–Crippen MR) is 77.5 cm³/mol. The van der Waals surface area contributed by atoms with E-state index in [-0.39, 0.29) is 31.0 Å². The zero-order chi connectivity index (χ0) is 15.4. The molecule has 20 heavy (non-hydrogen) atoms. The zero-order valence-corrected chi connectivity index (χ0v) is 15.8. The minimum absolute atomic E-state index is 0. The number of hydrogen-bond donors (Lipinski definition) is 5. The van der Waals surface area contributed by atoms with Crippen molar-refractivity contribution in [3.05, 3.63) is 11.5 Å². The van der Waals surface area contributed by atoms with Crippen molar-refractivity contribution >= 4 is 42.0 Å². The molecule has 9 heteroatoms. The number of carbonyl (C=O) groups excluding carboxylic acids is 1. The van der Waals surface area contributed by atoms with Gasteiger partial charge in [-0.1, -0.05) is 5.92 Å². The Morgan fingerprint density at radius 2 is 1.85 bits per heavy atom. The summed E-state index contributed by atoms with van der Waals surface area (Å²) in [7, 11) is 0. The molecular formula is C11H20ClO7Sb. The Hall–Kier alpha value is -0.642. The number of ether oxygens (including phenoxy) is 1. The molecule has 0 radical (unpaired) electrons. The molecule has 0 aromatic rings. The first-order valence-corrected chi connectivity index (χ1v) is 5.66. The summed E-state index contributed by atoms with van der Waals surface area (Å²) in [5, 5.41) is 42.6. The third kappa shape index (κ3) is 9.29. The van der Waals surface area contributed by atoms with Gasteiger partial charge in [0.1, 0.15) is 6.10 Å². The number of aliphatic hydroxyl groups excluding tert-OH is 5. The maximum absolute atomic E-state index is 10.5. The van der Waals surface area contributed by atoms with Gasteiger partial charge in [0, 0.05) is 6.61 Å². The van der Waals surface area contributed by atoms with E-state index in [1.807, 2.05) is 0 Å². The predicted octanol–water partition coefficient (Wildman–Crippen LogP) is -1.73. The number of rotatable bonds is 2. The third-order valence-corrected chi connectivity index (χ3v) is 1.71. The number of alkyl halides is 1. The van der Waals surface area contributed by atoms with Crippen molar-refractivity contribution in [1.29, 1.82) is 0 Å². The van der Waals surface area contributed by atoms with E-state index in [2.05, 4.69) is 17.1 Å². The molecule has 1 aliphatic rings. The van der Waals surface area contributed by atoms with Gasteiger partial charge in [0.15, 0.2) is 11.9 Å². The molecule has 118 valence electrons. The first-order valence-electron chi connectivity index (χ1n) is 5.13. The average Bonchev–Trinajstić information content (AvgIpc) is 2.67. The van der Waals surface area contributed by atoms with Crippen LogP contribution in [0.3, 0.4) is 0 Å². The number of halogens is 1. The number of carbonyl (C=O) groups is 1. The normalized spacial score (nSPS) is 17.4. The molecule has 0 spiro atoms. The molecule has 0 unspecified atom stereocenters. The SMILES string of the molecule is C#CCCl.CCO.O=C1O[C@H]([C@H](O)CO)C(O)=C1O.[SbH3]. The molecule has 7 nitrogen and oxygen atoms in total. The summed E-state index contributed by atoms with van der Waals surface area (Å²) in [6.45, 7) is 1.26. The van der Waals surface area contributed by atoms with Crippen LogP contribution in [-0.2, 0) is 9.53 Å². The summed E-state index contributed by atoms with van der Waals surface area (Å²) >= 11 is 4.95. The number of hydrogen-bond acceptors (Lipinski definition) is 7. The van der Waals surface area contributed by atoms with Crippen LogP contribution in [0.4, 0.5) is 0 Å². The Morgan fingerprint density at radius 3 is 2.05 bits per heavy atom. The van der Waals surface area contributed by atoms with Crippen LogP contribution in [0.2, 0.25) is 0 Å². The van der Waals surface area contributed by atoms with Gasteiger partial charge in [-0.2, -0.15) is 0 Å². The summed E-state index contributed by atoms with van der Waals surface area (Å²) in [4.78, 5) is 10.5. The summed E-state index contributed by atoms with van der Waals surface area (Å²) in [5.41, 5.74) is 0. The summed E-state index contributed by atoms with van der Waals surface area (Å²) < 4.78 is 4.32. The molecule has 0 saturated heterocycles. The second-order valence-electron chi connectivity index (χ2n) is 2.96. The van der Waals surface area contributed by atoms with Crippen LogP contribution in [0.25, 0.3) is 0 Å². The zero-order valence-electron chi connectivity index (χ0n) is 11.0. The van der Waals surface area contributed by atoms with Crippen LogP contribution < -0.4 is 0 Å². The quantitative estimate of drug-likeness (QED) is 0.155. The van der Waals surface area contributed by atoms with Crippen molar-refractivity contribution in [2.75, 3.05) is 19.1 Å². The van der Waals surface area contributed by atoms with Crippen LogP contribution in [-0.4, -0.2) is 87.2 Å². The molecule has 0 bridgehead atoms. The maximum atomic E-state index is 10.5. The molecule has 5 N–H and O–H groups in total. The van der Waals surface area contributed by atoms with Gasteiger partial charge in [0.25, 0.3) is 0 Å². The van der Waals surface area contributed by atoms with E-state index in [9.17, 15) is 4.79 Å². The standard InChI is InChI=1S/C6H8O6.C3H3Cl.C2H6O.Sb.3H/c7-1-2(8)5-3(9)4(10)6(11)12-5;1-2-3-4;1-2-3;;;;/h2,5,7-10H,1H2;1H,3H2;3H,2H2,1H3;;;;/t2-,5-;;;;;;/m1....../s1. The van der Waals surface area contributed by atoms with Gasteiger partial charge in [-0.15, -0.1) is 18.0 Å². The Balaban J connectivity index is -0.000000307. The fourth-order valence-corrected chi connectivity index (χ4v) is 0.823. The molecule has 1 heterocycles. The summed E-state index contributed by atoms with van der Waals surface area (Å²) in [6, 6.07) is 0. The Kier molecular flexibility index (Phi) is 18.0. The number of terminal acetylenes is 1. The minimum atomic E-state index is -1.42. The topological polar surface area (TPSA) is 127 Å². The van der Waals surface area contributed by atoms with Crippen LogP contribution in [0.5, 0.6) is 0 Å². The number of esters is 1. The van der Waals surface area contributed by atoms with Gasteiger partial charge in [-0.05, 0) is 6.92 Å². The fraction of sp³-hybridized carbons (Fsp3) is 0.545. The van der Waals surface area contributed by atoms with E-state index in [1.165, 1.54) is 0 Å². The number of cyclic esters (lactones) is 1. The van der Waals surface area contributed by atoms with Gasteiger partial charge in [0.05, 0.1) is 12.5 Å². The van der Waals surface area contributed by atoms with Crippen LogP contribution in [0.1, 0.15) is 6.92 Å². The second-order valence-corrected chi connectivity index (χ2v) is 3.23. The van der Waals surface area contributed by atoms with Crippen molar-refractivity contribution in [3.63, 3.8) is 0 Å². The van der Waals surface area contributed by atoms with Gasteiger partial charge in [0.2, 0.25) is 5.76 Å². The van der Waals surface area contributed by atoms with E-state index in [0.29, 0.717) is 5.88 Å². The van der Waals surface area contributed by atoms with E-state index in [4.69, 9.17) is 37.1 Å². The number of aliphatic hydroxyl groups is 5. The molecule has 1 aliphatic heterocycles. The summed E-state index contributed by atoms with van der Waals surface area (Å²) in [5.74, 6) is -0.263. The Morgan fingerprint density at radius 1 is 1.45 bits per heavy atom. The van der Waals surface area contributed by atoms with Gasteiger partial charge < -0.3 is 30.3 Å². The monoisotopic (exact) mass is 420 g/mol. The van der Waals surface area contributed by atoms with Crippen molar-refractivity contribution in [2.24, 2.45) is 0 Å². The van der Waals surface area contributed by atoms with Gasteiger partial charge >= 0.3 is 30.4 Å². The molecule has 1 rings (SSSR count). The van der Waals surface area contributed by atoms with E-state index >= 15 is 0 Å². The molecule has 0 fully saturated rings. The molecule has 2 atom stereocenters. The molecule has 0 aromatic heterocycles. The Labute approximate surface area is 139 Å². The molecule has 0 aromatic carbocycles. The van der Waals surface area contributed by atoms with Crippen LogP contribution >= 0.6 is 11.6 Å². The van der Waals surface area contributed by atoms with Gasteiger partial charge in [-0.25, -0.2) is 4.79 Å². The van der Waals surface area contributed by atoms with Crippen molar-refractivity contribution in [3.8, 4) is 12.3 Å². The van der Waals surface area contributed by atoms with Crippen molar-refractivity contribution in [1.82, 2.24) is 0 Å². The molecular weight excluding hydrogens is 401 g/mol. The van der Waals surface area contributed by atoms with Crippen molar-refractivity contribution in [2.45, 2.75) is 19.1 Å². The first kappa shape index (κ1) is 24.4. The van der Waals surface area contributed by atoms with Crippen LogP contribution in [0.15, 0.2) is 11.5 Å². The third-order valence-electron chi connectivity index (χ3n) is 1.55. The van der Waals surface area contributed by atoms with Crippen molar-refractivity contribution < 1.29 is 35.1 Å². The fourth-order valence-electron chi connectivity index (χ4n) is 0.823. The van der Waals surface area contributed by atoms with E-state index in [0.717, 1.165) is 0 Å². The summed E-state index contributed by atoms with van der Waals surface area (Å²) in [6.07, 6.45) is 1.87. The van der Waals surface area contributed by atoms with Gasteiger partial charge in [-0.3, -0.25) is 0 Å². The first-order chi connectivity index (χ1) is 8.90. The van der Waals surface area contributed by atoms with Crippen LogP contribution in [0, 0.1) is 12.3 Å². The molecule has 0 aliphatic carbocycles. The second kappa shape index (κ2) is 14.8. The van der Waals surface area contributed by atoms with E-state index in [1.54, 1.807) is 6.92 Å². The van der Waals surface area contributed by atoms with E-state index < -0.39 is 36.3 Å². The average molecular weight is 421 g/mol.